The van der Waals surface area contributed by atoms with Crippen LogP contribution in [0.5, 0.6) is 5.75 Å². The minimum absolute atomic E-state index is 0.186. The molecule has 4 aromatic rings. The van der Waals surface area contributed by atoms with Crippen molar-refractivity contribution in [3.8, 4) is 5.75 Å². The van der Waals surface area contributed by atoms with Crippen molar-refractivity contribution in [1.29, 1.82) is 0 Å². The third kappa shape index (κ3) is 7.19. The second kappa shape index (κ2) is 12.8. The number of carbonyl (C=O) groups is 1. The van der Waals surface area contributed by atoms with Crippen LogP contribution in [0.15, 0.2) is 90.1 Å². The van der Waals surface area contributed by atoms with Crippen molar-refractivity contribution in [1.82, 2.24) is 14.9 Å². The van der Waals surface area contributed by atoms with Crippen molar-refractivity contribution < 1.29 is 17.9 Å². The highest BCUT2D eigenvalue weighted by Crippen LogP contribution is 2.33. The Labute approximate surface area is 239 Å². The molecule has 0 saturated carbocycles. The fraction of sp³-hybridized carbons (Fsp3) is 0.233. The summed E-state index contributed by atoms with van der Waals surface area (Å²) in [4.78, 5) is 24.0. The van der Waals surface area contributed by atoms with Crippen LogP contribution in [-0.4, -0.2) is 55.4 Å². The smallest absolute Gasteiger partial charge is 0.261 e. The summed E-state index contributed by atoms with van der Waals surface area (Å²) in [5.74, 6) is 0.793. The molecule has 1 fully saturated rings. The monoisotopic (exact) mass is 572 g/mol. The number of amides is 1. The number of ether oxygens (including phenoxy) is 1. The van der Waals surface area contributed by atoms with Gasteiger partial charge in [-0.3, -0.25) is 14.4 Å². The minimum atomic E-state index is -3.69. The molecule has 1 aromatic heterocycles. The van der Waals surface area contributed by atoms with Crippen molar-refractivity contribution in [2.75, 3.05) is 41.6 Å². The third-order valence-electron chi connectivity index (χ3n) is 6.58. The van der Waals surface area contributed by atoms with Crippen LogP contribution in [-0.2, 0) is 14.8 Å². The van der Waals surface area contributed by atoms with Gasteiger partial charge in [-0.1, -0.05) is 24.3 Å². The van der Waals surface area contributed by atoms with Crippen molar-refractivity contribution in [3.63, 3.8) is 0 Å². The van der Waals surface area contributed by atoms with Gasteiger partial charge in [-0.05, 0) is 75.3 Å². The van der Waals surface area contributed by atoms with Crippen LogP contribution in [0.4, 0.5) is 22.9 Å². The lowest BCUT2D eigenvalue weighted by Gasteiger charge is -2.15. The molecule has 0 radical (unpaired) electrons. The number of nitrogens with zero attached hydrogens (tertiary/aromatic N) is 3. The molecule has 10 nitrogen and oxygen atoms in total. The summed E-state index contributed by atoms with van der Waals surface area (Å²) >= 11 is 0. The zero-order chi connectivity index (χ0) is 28.7. The van der Waals surface area contributed by atoms with E-state index >= 15 is 0 Å². The maximum Gasteiger partial charge on any atom is 0.261 e. The van der Waals surface area contributed by atoms with Crippen LogP contribution in [0, 0.1) is 0 Å². The molecular weight excluding hydrogens is 540 g/mol. The number of nitrogens with one attached hydrogen (secondary N) is 3. The predicted molar refractivity (Wildman–Crippen MR) is 161 cm³/mol. The van der Waals surface area contributed by atoms with Crippen LogP contribution in [0.1, 0.15) is 19.8 Å². The highest BCUT2D eigenvalue weighted by molar-refractivity contribution is 7.92. The van der Waals surface area contributed by atoms with Crippen LogP contribution in [0.25, 0.3) is 10.9 Å². The van der Waals surface area contributed by atoms with Gasteiger partial charge in [0.1, 0.15) is 17.9 Å². The third-order valence-corrected chi connectivity index (χ3v) is 7.98. The summed E-state index contributed by atoms with van der Waals surface area (Å²) in [6.45, 7) is 5.18. The van der Waals surface area contributed by atoms with E-state index in [1.165, 1.54) is 31.3 Å². The summed E-state index contributed by atoms with van der Waals surface area (Å²) in [5, 5.41) is 6.88. The van der Waals surface area contributed by atoms with E-state index in [4.69, 9.17) is 4.74 Å². The van der Waals surface area contributed by atoms with Crippen LogP contribution in [0.3, 0.4) is 0 Å². The van der Waals surface area contributed by atoms with Crippen LogP contribution < -0.4 is 20.1 Å². The van der Waals surface area contributed by atoms with Crippen molar-refractivity contribution >= 4 is 49.7 Å². The summed E-state index contributed by atoms with van der Waals surface area (Å²) in [6.07, 6.45) is 7.27. The molecule has 5 rings (SSSR count). The van der Waals surface area contributed by atoms with Crippen molar-refractivity contribution in [2.45, 2.75) is 24.7 Å². The number of hydrogen-bond acceptors (Lipinski definition) is 8. The molecule has 1 aliphatic heterocycles. The van der Waals surface area contributed by atoms with Crippen molar-refractivity contribution in [3.05, 3.63) is 85.2 Å². The van der Waals surface area contributed by atoms with Crippen molar-refractivity contribution in [2.24, 2.45) is 0 Å². The van der Waals surface area contributed by atoms with Gasteiger partial charge in [0.25, 0.3) is 10.0 Å². The maximum absolute atomic E-state index is 12.7. The van der Waals surface area contributed by atoms with Gasteiger partial charge in [0.15, 0.2) is 0 Å². The van der Waals surface area contributed by atoms with Crippen LogP contribution >= 0.6 is 0 Å². The van der Waals surface area contributed by atoms with E-state index in [9.17, 15) is 13.2 Å². The van der Waals surface area contributed by atoms with E-state index in [0.717, 1.165) is 19.6 Å². The van der Waals surface area contributed by atoms with E-state index in [-0.39, 0.29) is 10.8 Å². The molecule has 2 heterocycles. The number of anilines is 4. The minimum Gasteiger partial charge on any atom is -0.492 e. The number of likely N-dealkylation sites (tertiary alicyclic amines) is 1. The molecule has 3 N–H and O–H groups in total. The Morgan fingerprint density at radius 3 is 2.46 bits per heavy atom. The van der Waals surface area contributed by atoms with E-state index in [1.54, 1.807) is 60.7 Å². The van der Waals surface area contributed by atoms with Gasteiger partial charge >= 0.3 is 0 Å². The summed E-state index contributed by atoms with van der Waals surface area (Å²) in [7, 11) is -3.69. The van der Waals surface area contributed by atoms with Crippen LogP contribution in [0.2, 0.25) is 0 Å². The number of carbonyl (C=O) groups excluding carboxylic acids is 1. The Bertz CT molecular complexity index is 1640. The largest absolute Gasteiger partial charge is 0.492 e. The fourth-order valence-corrected chi connectivity index (χ4v) is 5.66. The highest BCUT2D eigenvalue weighted by Gasteiger charge is 2.15. The lowest BCUT2D eigenvalue weighted by molar-refractivity contribution is -0.111. The zero-order valence-electron chi connectivity index (χ0n) is 22.7. The number of fused-ring (bicyclic) bond motifs is 1. The summed E-state index contributed by atoms with van der Waals surface area (Å²) < 4.78 is 33.6. The van der Waals surface area contributed by atoms with Gasteiger partial charge in [-0.15, -0.1) is 0 Å². The summed E-state index contributed by atoms with van der Waals surface area (Å²) in [5.41, 5.74) is 2.27. The molecule has 0 spiro atoms. The topological polar surface area (TPSA) is 126 Å². The number of rotatable bonds is 11. The lowest BCUT2D eigenvalue weighted by Crippen LogP contribution is -2.19. The lowest BCUT2D eigenvalue weighted by atomic mass is 10.1. The molecule has 41 heavy (non-hydrogen) atoms. The Morgan fingerprint density at radius 1 is 1.00 bits per heavy atom. The van der Waals surface area contributed by atoms with E-state index in [1.807, 2.05) is 13.0 Å². The van der Waals surface area contributed by atoms with Gasteiger partial charge in [0, 0.05) is 35.4 Å². The fourth-order valence-electron chi connectivity index (χ4n) is 4.58. The molecule has 0 aliphatic carbocycles. The van der Waals surface area contributed by atoms with E-state index in [0.29, 0.717) is 46.1 Å². The normalized spacial score (nSPS) is 13.9. The number of sulfonamides is 1. The van der Waals surface area contributed by atoms with Gasteiger partial charge < -0.3 is 15.4 Å². The van der Waals surface area contributed by atoms with Gasteiger partial charge in [0.2, 0.25) is 5.91 Å². The summed E-state index contributed by atoms with van der Waals surface area (Å²) in [6, 6.07) is 18.6. The molecule has 0 bridgehead atoms. The average molecular weight is 573 g/mol. The van der Waals surface area contributed by atoms with E-state index < -0.39 is 10.0 Å². The second-order valence-electron chi connectivity index (χ2n) is 9.54. The standard InChI is InChI=1S/C30H32N6O4S/c1-2-40-28-20-26-25(19-27(28)34-29(37)11-8-18-36-16-6-7-17-36)30(32-21-31-26)33-22-12-14-23(15-13-22)35-41(38,39)24-9-4-3-5-10-24/h3-5,8-15,19-21,35H,2,6-7,16-18H2,1H3,(H,34,37)(H,31,32,33)/b11-8+. The molecule has 11 heteroatoms. The molecule has 0 unspecified atom stereocenters. The Hall–Kier alpha value is -4.48. The molecule has 1 amide bonds. The van der Waals surface area contributed by atoms with E-state index in [2.05, 4.69) is 30.2 Å². The first-order chi connectivity index (χ1) is 19.9. The molecule has 1 saturated heterocycles. The molecule has 3 aromatic carbocycles. The Morgan fingerprint density at radius 2 is 1.73 bits per heavy atom. The van der Waals surface area contributed by atoms with Gasteiger partial charge in [0.05, 0.1) is 22.7 Å². The molecule has 212 valence electrons. The first kappa shape index (κ1) is 28.1. The first-order valence-electron chi connectivity index (χ1n) is 13.5. The van der Waals surface area contributed by atoms with Gasteiger partial charge in [-0.25, -0.2) is 18.4 Å². The first-order valence-corrected chi connectivity index (χ1v) is 15.0. The number of aromatic nitrogens is 2. The Balaban J connectivity index is 1.33. The van der Waals surface area contributed by atoms with Gasteiger partial charge in [-0.2, -0.15) is 0 Å². The number of benzene rings is 3. The number of hydrogen-bond donors (Lipinski definition) is 3. The maximum atomic E-state index is 12.7. The Kier molecular flexibility index (Phi) is 8.76. The molecule has 0 atom stereocenters. The predicted octanol–water partition coefficient (Wildman–Crippen LogP) is 5.16. The zero-order valence-corrected chi connectivity index (χ0v) is 23.5. The quantitative estimate of drug-likeness (QED) is 0.210. The molecule has 1 aliphatic rings. The second-order valence-corrected chi connectivity index (χ2v) is 11.2. The molecular formula is C30H32N6O4S. The SMILES string of the molecule is CCOc1cc2ncnc(Nc3ccc(NS(=O)(=O)c4ccccc4)cc3)c2cc1NC(=O)/C=C/CN1CCCC1. The average Bonchev–Trinajstić information content (AvgIpc) is 3.49. The highest BCUT2D eigenvalue weighted by atomic mass is 32.2.